The highest BCUT2D eigenvalue weighted by Crippen LogP contribution is 2.23. The normalized spacial score (nSPS) is 11.8. The van der Waals surface area contributed by atoms with Crippen LogP contribution in [0.5, 0.6) is 5.75 Å². The van der Waals surface area contributed by atoms with Crippen molar-refractivity contribution in [3.63, 3.8) is 0 Å². The molecule has 0 N–H and O–H groups in total. The molecule has 0 saturated heterocycles. The number of rotatable bonds is 11. The summed E-state index contributed by atoms with van der Waals surface area (Å²) in [6.07, 6.45) is 1.57. The lowest BCUT2D eigenvalue weighted by Crippen LogP contribution is -2.29. The molecule has 0 aliphatic heterocycles. The van der Waals surface area contributed by atoms with Crippen LogP contribution in [-0.2, 0) is 27.8 Å². The number of imidazole rings is 1. The molecular formula is C24H32N4O4S. The third-order valence-corrected chi connectivity index (χ3v) is 7.34. The van der Waals surface area contributed by atoms with Gasteiger partial charge >= 0.3 is 0 Å². The molecule has 0 radical (unpaired) electrons. The maximum atomic E-state index is 12.6. The van der Waals surface area contributed by atoms with Crippen LogP contribution in [0.3, 0.4) is 0 Å². The standard InChI is InChI=1S/C24H32N4O4S/c1-5-28-22-13-12-20(33(30,31)26(2)3)18-21(22)25-23(28)14-15-24(29)27(4)16-9-17-32-19-10-7-6-8-11-19/h6-8,10-13,18H,5,9,14-17H2,1-4H3. The highest BCUT2D eigenvalue weighted by atomic mass is 32.2. The van der Waals surface area contributed by atoms with Crippen LogP contribution in [-0.4, -0.2) is 67.4 Å². The Hall–Kier alpha value is -2.91. The van der Waals surface area contributed by atoms with Crippen LogP contribution in [0, 0.1) is 0 Å². The van der Waals surface area contributed by atoms with Gasteiger partial charge in [0.15, 0.2) is 0 Å². The second kappa shape index (κ2) is 10.8. The maximum absolute atomic E-state index is 12.6. The molecule has 0 saturated carbocycles. The van der Waals surface area contributed by atoms with Crippen LogP contribution >= 0.6 is 0 Å². The summed E-state index contributed by atoms with van der Waals surface area (Å²) < 4.78 is 33.8. The third kappa shape index (κ3) is 5.91. The third-order valence-electron chi connectivity index (χ3n) is 5.53. The smallest absolute Gasteiger partial charge is 0.242 e. The second-order valence-corrected chi connectivity index (χ2v) is 10.2. The van der Waals surface area contributed by atoms with Gasteiger partial charge in [-0.3, -0.25) is 4.79 Å². The summed E-state index contributed by atoms with van der Waals surface area (Å²) >= 11 is 0. The van der Waals surface area contributed by atoms with Gasteiger partial charge in [0.05, 0.1) is 22.5 Å². The Morgan fingerprint density at radius 3 is 2.48 bits per heavy atom. The molecule has 0 atom stereocenters. The number of benzene rings is 2. The number of sulfonamides is 1. The molecule has 0 fully saturated rings. The number of para-hydroxylation sites is 1. The molecule has 178 valence electrons. The van der Waals surface area contributed by atoms with Crippen molar-refractivity contribution in [2.24, 2.45) is 0 Å². The van der Waals surface area contributed by atoms with Crippen LogP contribution < -0.4 is 4.74 Å². The second-order valence-electron chi connectivity index (χ2n) is 8.04. The molecule has 1 aromatic heterocycles. The van der Waals surface area contributed by atoms with Crippen molar-refractivity contribution in [3.05, 3.63) is 54.4 Å². The van der Waals surface area contributed by atoms with E-state index in [0.29, 0.717) is 38.1 Å². The molecule has 3 rings (SSSR count). The SMILES string of the molecule is CCn1c(CCC(=O)N(C)CCCOc2ccccc2)nc2cc(S(=O)(=O)N(C)C)ccc21. The van der Waals surface area contributed by atoms with Crippen LogP contribution in [0.2, 0.25) is 0 Å². The van der Waals surface area contributed by atoms with Crippen LogP contribution in [0.15, 0.2) is 53.4 Å². The number of ether oxygens (including phenoxy) is 1. The Kier molecular flexibility index (Phi) is 8.10. The predicted molar refractivity (Wildman–Crippen MR) is 129 cm³/mol. The topological polar surface area (TPSA) is 84.7 Å². The van der Waals surface area contributed by atoms with Crippen molar-refractivity contribution in [1.82, 2.24) is 18.8 Å². The van der Waals surface area contributed by atoms with Gasteiger partial charge in [-0.25, -0.2) is 17.7 Å². The quantitative estimate of drug-likeness (QED) is 0.400. The Labute approximate surface area is 195 Å². The van der Waals surface area contributed by atoms with Crippen molar-refractivity contribution in [2.45, 2.75) is 37.6 Å². The summed E-state index contributed by atoms with van der Waals surface area (Å²) in [4.78, 5) is 19.2. The van der Waals surface area contributed by atoms with E-state index in [4.69, 9.17) is 4.74 Å². The van der Waals surface area contributed by atoms with Crippen molar-refractivity contribution < 1.29 is 17.9 Å². The first-order chi connectivity index (χ1) is 15.7. The molecule has 0 spiro atoms. The predicted octanol–water partition coefficient (Wildman–Crippen LogP) is 3.17. The molecule has 33 heavy (non-hydrogen) atoms. The fourth-order valence-corrected chi connectivity index (χ4v) is 4.54. The van der Waals surface area contributed by atoms with E-state index < -0.39 is 10.0 Å². The Morgan fingerprint density at radius 1 is 1.09 bits per heavy atom. The van der Waals surface area contributed by atoms with Crippen molar-refractivity contribution in [3.8, 4) is 5.75 Å². The van der Waals surface area contributed by atoms with Crippen molar-refractivity contribution in [2.75, 3.05) is 34.3 Å². The Bertz CT molecular complexity index is 1190. The van der Waals surface area contributed by atoms with E-state index >= 15 is 0 Å². The van der Waals surface area contributed by atoms with Gasteiger partial charge in [0.1, 0.15) is 11.6 Å². The summed E-state index contributed by atoms with van der Waals surface area (Å²) in [6, 6.07) is 14.6. The Morgan fingerprint density at radius 2 is 1.82 bits per heavy atom. The van der Waals surface area contributed by atoms with E-state index in [9.17, 15) is 13.2 Å². The summed E-state index contributed by atoms with van der Waals surface area (Å²) in [7, 11) is 1.28. The van der Waals surface area contributed by atoms with E-state index in [0.717, 1.165) is 23.5 Å². The number of carbonyl (C=O) groups excluding carboxylic acids is 1. The minimum absolute atomic E-state index is 0.0419. The average Bonchev–Trinajstić information content (AvgIpc) is 3.17. The molecule has 8 nitrogen and oxygen atoms in total. The first-order valence-corrected chi connectivity index (χ1v) is 12.5. The van der Waals surface area contributed by atoms with Crippen LogP contribution in [0.4, 0.5) is 0 Å². The first-order valence-electron chi connectivity index (χ1n) is 11.1. The number of carbonyl (C=O) groups is 1. The van der Waals surface area contributed by atoms with Gasteiger partial charge in [-0.05, 0) is 43.7 Å². The summed E-state index contributed by atoms with van der Waals surface area (Å²) in [6.45, 7) is 3.86. The molecular weight excluding hydrogens is 440 g/mol. The minimum atomic E-state index is -3.53. The largest absolute Gasteiger partial charge is 0.494 e. The van der Waals surface area contributed by atoms with E-state index in [1.165, 1.54) is 18.4 Å². The molecule has 0 unspecified atom stereocenters. The molecule has 0 aliphatic carbocycles. The van der Waals surface area contributed by atoms with Gasteiger partial charge in [-0.1, -0.05) is 18.2 Å². The van der Waals surface area contributed by atoms with Gasteiger partial charge in [-0.15, -0.1) is 0 Å². The number of hydrogen-bond donors (Lipinski definition) is 0. The van der Waals surface area contributed by atoms with Crippen LogP contribution in [0.25, 0.3) is 11.0 Å². The Balaban J connectivity index is 1.59. The number of fused-ring (bicyclic) bond motifs is 1. The van der Waals surface area contributed by atoms with Gasteiger partial charge < -0.3 is 14.2 Å². The summed E-state index contributed by atoms with van der Waals surface area (Å²) in [5, 5.41) is 0. The van der Waals surface area contributed by atoms with E-state index in [2.05, 4.69) is 4.98 Å². The molecule has 0 aliphatic rings. The lowest BCUT2D eigenvalue weighted by molar-refractivity contribution is -0.130. The molecule has 2 aromatic carbocycles. The zero-order valence-corrected chi connectivity index (χ0v) is 20.5. The van der Waals surface area contributed by atoms with Crippen LogP contribution in [0.1, 0.15) is 25.6 Å². The number of aryl methyl sites for hydroxylation is 2. The molecule has 1 heterocycles. The molecule has 9 heteroatoms. The fourth-order valence-electron chi connectivity index (χ4n) is 3.62. The maximum Gasteiger partial charge on any atom is 0.242 e. The number of hydrogen-bond acceptors (Lipinski definition) is 5. The summed E-state index contributed by atoms with van der Waals surface area (Å²) in [5.74, 6) is 1.65. The molecule has 1 amide bonds. The highest BCUT2D eigenvalue weighted by molar-refractivity contribution is 7.89. The zero-order chi connectivity index (χ0) is 24.0. The van der Waals surface area contributed by atoms with E-state index in [-0.39, 0.29) is 10.8 Å². The average molecular weight is 473 g/mol. The number of nitrogens with zero attached hydrogens (tertiary/aromatic N) is 4. The highest BCUT2D eigenvalue weighted by Gasteiger charge is 2.20. The van der Waals surface area contributed by atoms with Gasteiger partial charge in [-0.2, -0.15) is 0 Å². The molecule has 3 aromatic rings. The monoisotopic (exact) mass is 472 g/mol. The number of aromatic nitrogens is 2. The lowest BCUT2D eigenvalue weighted by atomic mass is 10.2. The van der Waals surface area contributed by atoms with Crippen molar-refractivity contribution in [1.29, 1.82) is 0 Å². The fraction of sp³-hybridized carbons (Fsp3) is 0.417. The van der Waals surface area contributed by atoms with Gasteiger partial charge in [0, 0.05) is 47.1 Å². The minimum Gasteiger partial charge on any atom is -0.494 e. The van der Waals surface area contributed by atoms with Crippen molar-refractivity contribution >= 4 is 27.0 Å². The van der Waals surface area contributed by atoms with E-state index in [1.54, 1.807) is 30.1 Å². The summed E-state index contributed by atoms with van der Waals surface area (Å²) in [5.41, 5.74) is 1.48. The first kappa shape index (κ1) is 24.7. The van der Waals surface area contributed by atoms with Gasteiger partial charge in [0.2, 0.25) is 15.9 Å². The van der Waals surface area contributed by atoms with E-state index in [1.807, 2.05) is 41.8 Å². The zero-order valence-electron chi connectivity index (χ0n) is 19.7. The number of amides is 1. The van der Waals surface area contributed by atoms with Gasteiger partial charge in [0.25, 0.3) is 0 Å². The molecule has 0 bridgehead atoms. The lowest BCUT2D eigenvalue weighted by Gasteiger charge is -2.17.